The number of amides is 1. The molecule has 3 aromatic rings. The molecular formula is C19H21N3O2. The number of hydrogen-bond acceptors (Lipinski definition) is 3. The van der Waals surface area contributed by atoms with Gasteiger partial charge in [0.1, 0.15) is 11.3 Å². The van der Waals surface area contributed by atoms with Gasteiger partial charge in [0, 0.05) is 30.5 Å². The smallest absolute Gasteiger partial charge is 0.248 e. The van der Waals surface area contributed by atoms with Crippen molar-refractivity contribution >= 4 is 28.6 Å². The van der Waals surface area contributed by atoms with Crippen LogP contribution in [-0.2, 0) is 18.3 Å². The molecule has 1 N–H and O–H groups in total. The number of nitrogens with zero attached hydrogens (tertiary/aromatic N) is 2. The second kappa shape index (κ2) is 6.35. The van der Waals surface area contributed by atoms with Gasteiger partial charge in [-0.05, 0) is 26.0 Å². The molecule has 0 aliphatic carbocycles. The molecule has 5 nitrogen and oxygen atoms in total. The maximum atomic E-state index is 12.3. The molecule has 0 radical (unpaired) electrons. The summed E-state index contributed by atoms with van der Waals surface area (Å²) in [7, 11) is 1.86. The third-order valence-corrected chi connectivity index (χ3v) is 4.19. The van der Waals surface area contributed by atoms with Crippen LogP contribution in [0.1, 0.15) is 29.6 Å². The normalized spacial score (nSPS) is 11.5. The molecule has 1 aromatic carbocycles. The van der Waals surface area contributed by atoms with E-state index in [0.717, 1.165) is 45.8 Å². The minimum atomic E-state index is -0.179. The van der Waals surface area contributed by atoms with Crippen molar-refractivity contribution in [3.63, 3.8) is 0 Å². The molecule has 0 unspecified atom stereocenters. The van der Waals surface area contributed by atoms with Crippen molar-refractivity contribution < 1.29 is 9.21 Å². The third kappa shape index (κ3) is 2.85. The van der Waals surface area contributed by atoms with Crippen molar-refractivity contribution in [3.05, 3.63) is 53.1 Å². The zero-order chi connectivity index (χ0) is 17.3. The molecule has 2 aromatic heterocycles. The molecule has 0 aliphatic heterocycles. The van der Waals surface area contributed by atoms with Gasteiger partial charge in [0.25, 0.3) is 0 Å². The summed E-state index contributed by atoms with van der Waals surface area (Å²) in [6, 6.07) is 7.86. The first-order valence-electron chi connectivity index (χ1n) is 8.01. The Morgan fingerprint density at radius 2 is 2.08 bits per heavy atom. The van der Waals surface area contributed by atoms with Gasteiger partial charge >= 0.3 is 0 Å². The molecule has 2 heterocycles. The van der Waals surface area contributed by atoms with E-state index >= 15 is 0 Å². The number of fused-ring (bicyclic) bond motifs is 1. The molecule has 0 aliphatic rings. The number of aryl methyl sites for hydroxylation is 3. The molecule has 1 amide bonds. The first kappa shape index (κ1) is 16.1. The molecule has 24 heavy (non-hydrogen) atoms. The fraction of sp³-hybridized carbons (Fsp3) is 0.263. The Kier molecular flexibility index (Phi) is 4.25. The maximum Gasteiger partial charge on any atom is 0.248 e. The van der Waals surface area contributed by atoms with E-state index in [0.29, 0.717) is 0 Å². The van der Waals surface area contributed by atoms with Crippen molar-refractivity contribution in [2.45, 2.75) is 27.2 Å². The summed E-state index contributed by atoms with van der Waals surface area (Å²) < 4.78 is 7.60. The van der Waals surface area contributed by atoms with Crippen LogP contribution in [0.4, 0.5) is 5.69 Å². The Hall–Kier alpha value is -2.82. The van der Waals surface area contributed by atoms with Gasteiger partial charge in [-0.2, -0.15) is 5.10 Å². The molecular weight excluding hydrogens is 302 g/mol. The summed E-state index contributed by atoms with van der Waals surface area (Å²) in [6.45, 7) is 5.85. The Balaban J connectivity index is 1.87. The Labute approximate surface area is 141 Å². The van der Waals surface area contributed by atoms with Gasteiger partial charge in [0.15, 0.2) is 0 Å². The molecule has 3 rings (SSSR count). The monoisotopic (exact) mass is 323 g/mol. The van der Waals surface area contributed by atoms with Crippen LogP contribution in [0.15, 0.2) is 34.8 Å². The minimum absolute atomic E-state index is 0.179. The van der Waals surface area contributed by atoms with E-state index in [1.807, 2.05) is 58.2 Å². The Bertz CT molecular complexity index is 932. The lowest BCUT2D eigenvalue weighted by Crippen LogP contribution is -2.09. The van der Waals surface area contributed by atoms with Gasteiger partial charge < -0.3 is 9.73 Å². The van der Waals surface area contributed by atoms with Crippen LogP contribution in [0.5, 0.6) is 0 Å². The summed E-state index contributed by atoms with van der Waals surface area (Å²) in [6.07, 6.45) is 4.14. The quantitative estimate of drug-likeness (QED) is 0.738. The zero-order valence-electron chi connectivity index (χ0n) is 14.4. The van der Waals surface area contributed by atoms with E-state index in [1.165, 1.54) is 0 Å². The van der Waals surface area contributed by atoms with Crippen LogP contribution in [-0.4, -0.2) is 15.7 Å². The van der Waals surface area contributed by atoms with Crippen molar-refractivity contribution in [1.29, 1.82) is 0 Å². The van der Waals surface area contributed by atoms with Crippen LogP contribution < -0.4 is 5.32 Å². The predicted octanol–water partition coefficient (Wildman–Crippen LogP) is 4.00. The van der Waals surface area contributed by atoms with Crippen LogP contribution in [0.3, 0.4) is 0 Å². The average molecular weight is 323 g/mol. The van der Waals surface area contributed by atoms with E-state index in [-0.39, 0.29) is 5.91 Å². The zero-order valence-corrected chi connectivity index (χ0v) is 14.4. The minimum Gasteiger partial charge on any atom is -0.460 e. The number of para-hydroxylation sites is 1. The highest BCUT2D eigenvalue weighted by Gasteiger charge is 2.12. The highest BCUT2D eigenvalue weighted by Crippen LogP contribution is 2.27. The summed E-state index contributed by atoms with van der Waals surface area (Å²) in [5.74, 6) is 0.704. The number of anilines is 1. The van der Waals surface area contributed by atoms with Crippen molar-refractivity contribution in [2.24, 2.45) is 7.05 Å². The third-order valence-electron chi connectivity index (χ3n) is 4.19. The van der Waals surface area contributed by atoms with E-state index in [4.69, 9.17) is 4.42 Å². The first-order chi connectivity index (χ1) is 11.5. The van der Waals surface area contributed by atoms with Crippen molar-refractivity contribution in [2.75, 3.05) is 5.32 Å². The summed E-state index contributed by atoms with van der Waals surface area (Å²) in [5, 5.41) is 8.23. The number of aromatic nitrogens is 2. The molecule has 0 atom stereocenters. The molecule has 0 spiro atoms. The highest BCUT2D eigenvalue weighted by atomic mass is 16.3. The topological polar surface area (TPSA) is 60.1 Å². The number of carbonyl (C=O) groups is 1. The number of benzene rings is 1. The summed E-state index contributed by atoms with van der Waals surface area (Å²) >= 11 is 0. The number of hydrogen-bond donors (Lipinski definition) is 1. The van der Waals surface area contributed by atoms with E-state index in [2.05, 4.69) is 10.4 Å². The van der Waals surface area contributed by atoms with Crippen molar-refractivity contribution in [1.82, 2.24) is 9.78 Å². The van der Waals surface area contributed by atoms with Gasteiger partial charge in [-0.25, -0.2) is 0 Å². The molecule has 5 heteroatoms. The highest BCUT2D eigenvalue weighted by molar-refractivity contribution is 6.04. The largest absolute Gasteiger partial charge is 0.460 e. The summed E-state index contributed by atoms with van der Waals surface area (Å²) in [5.41, 5.74) is 4.30. The lowest BCUT2D eigenvalue weighted by molar-refractivity contribution is -0.111. The lowest BCUT2D eigenvalue weighted by atomic mass is 10.1. The fourth-order valence-corrected chi connectivity index (χ4v) is 2.84. The van der Waals surface area contributed by atoms with Gasteiger partial charge in [-0.3, -0.25) is 9.48 Å². The maximum absolute atomic E-state index is 12.3. The number of nitrogens with one attached hydrogen (secondary N) is 1. The fourth-order valence-electron chi connectivity index (χ4n) is 2.84. The van der Waals surface area contributed by atoms with Crippen LogP contribution in [0.25, 0.3) is 17.0 Å². The van der Waals surface area contributed by atoms with E-state index in [9.17, 15) is 4.79 Å². The van der Waals surface area contributed by atoms with Gasteiger partial charge in [0.2, 0.25) is 5.91 Å². The standard InChI is InChI=1S/C19H21N3O2/c1-5-16-15(14-8-6-7-9-17(14)24-16)10-11-18(23)20-19-12(2)21-22(4)13(19)3/h6-11H,5H2,1-4H3,(H,20,23). The molecule has 0 fully saturated rings. The van der Waals surface area contributed by atoms with E-state index < -0.39 is 0 Å². The van der Waals surface area contributed by atoms with Gasteiger partial charge in [0.05, 0.1) is 17.1 Å². The van der Waals surface area contributed by atoms with Gasteiger partial charge in [-0.1, -0.05) is 25.1 Å². The second-order valence-electron chi connectivity index (χ2n) is 5.78. The predicted molar refractivity (Wildman–Crippen MR) is 95.9 cm³/mol. The molecule has 0 bridgehead atoms. The molecule has 0 saturated carbocycles. The lowest BCUT2D eigenvalue weighted by Gasteiger charge is -2.02. The van der Waals surface area contributed by atoms with Crippen LogP contribution >= 0.6 is 0 Å². The second-order valence-corrected chi connectivity index (χ2v) is 5.78. The first-order valence-corrected chi connectivity index (χ1v) is 8.01. The average Bonchev–Trinajstić information content (AvgIpc) is 3.05. The number of carbonyl (C=O) groups excluding carboxylic acids is 1. The SMILES string of the molecule is CCc1oc2ccccc2c1C=CC(=O)Nc1c(C)nn(C)c1C. The summed E-state index contributed by atoms with van der Waals surface area (Å²) in [4.78, 5) is 12.3. The number of furan rings is 1. The van der Waals surface area contributed by atoms with Gasteiger partial charge in [-0.15, -0.1) is 0 Å². The van der Waals surface area contributed by atoms with Crippen molar-refractivity contribution in [3.8, 4) is 0 Å². The molecule has 124 valence electrons. The number of rotatable bonds is 4. The molecule has 0 saturated heterocycles. The Morgan fingerprint density at radius 3 is 2.75 bits per heavy atom. The van der Waals surface area contributed by atoms with Crippen LogP contribution in [0, 0.1) is 13.8 Å². The Morgan fingerprint density at radius 1 is 1.33 bits per heavy atom. The van der Waals surface area contributed by atoms with E-state index in [1.54, 1.807) is 10.8 Å². The van der Waals surface area contributed by atoms with Crippen LogP contribution in [0.2, 0.25) is 0 Å².